The SMILES string of the molecule is COC(=O)c1cc(C)c(=O)n(-c2cncc(-c3cnnn3C)c2)n1. The number of carbonyl (C=O) groups is 1. The highest BCUT2D eigenvalue weighted by molar-refractivity contribution is 5.87. The second-order valence-corrected chi connectivity index (χ2v) is 5.10. The van der Waals surface area contributed by atoms with Gasteiger partial charge in [0.1, 0.15) is 0 Å². The molecular formula is C15H14N6O3. The zero-order valence-electron chi connectivity index (χ0n) is 13.3. The Morgan fingerprint density at radius 2 is 2.00 bits per heavy atom. The van der Waals surface area contributed by atoms with Crippen molar-refractivity contribution < 1.29 is 9.53 Å². The fourth-order valence-electron chi connectivity index (χ4n) is 2.23. The van der Waals surface area contributed by atoms with E-state index in [0.717, 1.165) is 15.9 Å². The van der Waals surface area contributed by atoms with E-state index in [1.165, 1.54) is 19.4 Å². The maximum atomic E-state index is 12.4. The Labute approximate surface area is 136 Å². The average molecular weight is 326 g/mol. The molecule has 0 amide bonds. The quantitative estimate of drug-likeness (QED) is 0.646. The zero-order valence-corrected chi connectivity index (χ0v) is 13.3. The van der Waals surface area contributed by atoms with Crippen LogP contribution in [0, 0.1) is 6.92 Å². The fourth-order valence-corrected chi connectivity index (χ4v) is 2.23. The van der Waals surface area contributed by atoms with Gasteiger partial charge in [-0.1, -0.05) is 5.21 Å². The van der Waals surface area contributed by atoms with Crippen LogP contribution in [-0.2, 0) is 11.8 Å². The average Bonchev–Trinajstić information content (AvgIpc) is 3.02. The van der Waals surface area contributed by atoms with Gasteiger partial charge in [0, 0.05) is 24.4 Å². The van der Waals surface area contributed by atoms with Gasteiger partial charge in [-0.25, -0.2) is 9.48 Å². The first-order valence-corrected chi connectivity index (χ1v) is 7.01. The highest BCUT2D eigenvalue weighted by Crippen LogP contribution is 2.18. The van der Waals surface area contributed by atoms with Crippen molar-refractivity contribution in [2.75, 3.05) is 7.11 Å². The first kappa shape index (κ1) is 15.5. The third kappa shape index (κ3) is 2.67. The lowest BCUT2D eigenvalue weighted by Gasteiger charge is -2.09. The number of hydrogen-bond donors (Lipinski definition) is 0. The van der Waals surface area contributed by atoms with Crippen LogP contribution in [0.3, 0.4) is 0 Å². The molecule has 3 rings (SSSR count). The molecule has 9 nitrogen and oxygen atoms in total. The minimum atomic E-state index is -0.619. The van der Waals surface area contributed by atoms with Crippen molar-refractivity contribution in [1.29, 1.82) is 0 Å². The summed E-state index contributed by atoms with van der Waals surface area (Å²) < 4.78 is 7.39. The van der Waals surface area contributed by atoms with Crippen molar-refractivity contribution in [2.45, 2.75) is 6.92 Å². The highest BCUT2D eigenvalue weighted by Gasteiger charge is 2.14. The summed E-state index contributed by atoms with van der Waals surface area (Å²) in [6.45, 7) is 1.61. The smallest absolute Gasteiger partial charge is 0.358 e. The van der Waals surface area contributed by atoms with Gasteiger partial charge in [0.05, 0.1) is 30.9 Å². The van der Waals surface area contributed by atoms with Crippen LogP contribution in [0.4, 0.5) is 0 Å². The van der Waals surface area contributed by atoms with Gasteiger partial charge in [-0.2, -0.15) is 9.78 Å². The predicted octanol–water partition coefficient (Wildman–Crippen LogP) is 0.518. The van der Waals surface area contributed by atoms with E-state index in [1.54, 1.807) is 37.1 Å². The van der Waals surface area contributed by atoms with Crippen LogP contribution in [0.2, 0.25) is 0 Å². The van der Waals surface area contributed by atoms with E-state index in [1.807, 2.05) is 0 Å². The summed E-state index contributed by atoms with van der Waals surface area (Å²) in [5.41, 5.74) is 1.95. The van der Waals surface area contributed by atoms with Gasteiger partial charge in [0.25, 0.3) is 5.56 Å². The fraction of sp³-hybridized carbons (Fsp3) is 0.200. The van der Waals surface area contributed by atoms with Crippen LogP contribution < -0.4 is 5.56 Å². The van der Waals surface area contributed by atoms with Gasteiger partial charge in [0.2, 0.25) is 0 Å². The lowest BCUT2D eigenvalue weighted by atomic mass is 10.2. The molecule has 0 fully saturated rings. The Morgan fingerprint density at radius 1 is 1.21 bits per heavy atom. The molecule has 9 heteroatoms. The largest absolute Gasteiger partial charge is 0.464 e. The third-order valence-corrected chi connectivity index (χ3v) is 3.46. The summed E-state index contributed by atoms with van der Waals surface area (Å²) in [6.07, 6.45) is 4.71. The molecule has 3 aromatic rings. The molecule has 3 aromatic heterocycles. The molecule has 0 aliphatic rings. The van der Waals surface area contributed by atoms with E-state index < -0.39 is 5.97 Å². The minimum absolute atomic E-state index is 0.0437. The predicted molar refractivity (Wildman–Crippen MR) is 83.7 cm³/mol. The van der Waals surface area contributed by atoms with Gasteiger partial charge in [-0.3, -0.25) is 9.78 Å². The first-order chi connectivity index (χ1) is 11.5. The molecule has 0 aromatic carbocycles. The zero-order chi connectivity index (χ0) is 17.3. The summed E-state index contributed by atoms with van der Waals surface area (Å²) >= 11 is 0. The molecule has 0 atom stereocenters. The molecule has 0 N–H and O–H groups in total. The van der Waals surface area contributed by atoms with E-state index in [2.05, 4.69) is 25.1 Å². The van der Waals surface area contributed by atoms with E-state index in [4.69, 9.17) is 0 Å². The first-order valence-electron chi connectivity index (χ1n) is 7.01. The molecule has 122 valence electrons. The molecule has 3 heterocycles. The van der Waals surface area contributed by atoms with Crippen molar-refractivity contribution in [3.63, 3.8) is 0 Å². The van der Waals surface area contributed by atoms with Crippen LogP contribution in [0.25, 0.3) is 16.9 Å². The van der Waals surface area contributed by atoms with Crippen LogP contribution in [0.15, 0.2) is 35.5 Å². The number of esters is 1. The lowest BCUT2D eigenvalue weighted by Crippen LogP contribution is -2.26. The highest BCUT2D eigenvalue weighted by atomic mass is 16.5. The van der Waals surface area contributed by atoms with Gasteiger partial charge in [0.15, 0.2) is 5.69 Å². The minimum Gasteiger partial charge on any atom is -0.464 e. The number of carbonyl (C=O) groups excluding carboxylic acids is 1. The Hall–Kier alpha value is -3.36. The maximum Gasteiger partial charge on any atom is 0.358 e. The second-order valence-electron chi connectivity index (χ2n) is 5.10. The molecule has 0 saturated carbocycles. The van der Waals surface area contributed by atoms with Gasteiger partial charge in [-0.05, 0) is 19.1 Å². The van der Waals surface area contributed by atoms with Crippen molar-refractivity contribution in [1.82, 2.24) is 29.8 Å². The topological polar surface area (TPSA) is 105 Å². The molecule has 0 unspecified atom stereocenters. The standard InChI is InChI=1S/C15H14N6O3/c1-9-4-12(15(23)24-3)18-21(14(9)22)11-5-10(6-16-7-11)13-8-17-19-20(13)2/h4-8H,1-3H3. The number of nitrogens with zero attached hydrogens (tertiary/aromatic N) is 6. The monoisotopic (exact) mass is 326 g/mol. The van der Waals surface area contributed by atoms with Crippen molar-refractivity contribution in [2.24, 2.45) is 7.05 Å². The summed E-state index contributed by atoms with van der Waals surface area (Å²) in [5, 5.41) is 11.8. The van der Waals surface area contributed by atoms with Gasteiger partial charge >= 0.3 is 5.97 Å². The Kier molecular flexibility index (Phi) is 3.90. The van der Waals surface area contributed by atoms with Crippen LogP contribution in [0.5, 0.6) is 0 Å². The van der Waals surface area contributed by atoms with Crippen molar-refractivity contribution in [3.05, 3.63) is 52.3 Å². The molecule has 0 aliphatic heterocycles. The second kappa shape index (κ2) is 6.03. The molecule has 0 saturated heterocycles. The molecule has 24 heavy (non-hydrogen) atoms. The van der Waals surface area contributed by atoms with Crippen LogP contribution in [0.1, 0.15) is 16.1 Å². The van der Waals surface area contributed by atoms with E-state index in [0.29, 0.717) is 11.3 Å². The Morgan fingerprint density at radius 3 is 2.67 bits per heavy atom. The summed E-state index contributed by atoms with van der Waals surface area (Å²) in [6, 6.07) is 3.12. The summed E-state index contributed by atoms with van der Waals surface area (Å²) in [4.78, 5) is 28.2. The summed E-state index contributed by atoms with van der Waals surface area (Å²) in [5.74, 6) is -0.619. The number of methoxy groups -OCH3 is 1. The molecule has 0 spiro atoms. The number of pyridine rings is 1. The molecular weight excluding hydrogens is 312 g/mol. The van der Waals surface area contributed by atoms with Gasteiger partial charge in [-0.15, -0.1) is 5.10 Å². The van der Waals surface area contributed by atoms with Gasteiger partial charge < -0.3 is 4.74 Å². The van der Waals surface area contributed by atoms with Crippen molar-refractivity contribution in [3.8, 4) is 16.9 Å². The number of aryl methyl sites for hydroxylation is 2. The number of rotatable bonds is 3. The van der Waals surface area contributed by atoms with Crippen molar-refractivity contribution >= 4 is 5.97 Å². The third-order valence-electron chi connectivity index (χ3n) is 3.46. The Balaban J connectivity index is 2.16. The van der Waals surface area contributed by atoms with E-state index in [-0.39, 0.29) is 11.3 Å². The molecule has 0 bridgehead atoms. The van der Waals surface area contributed by atoms with Crippen LogP contribution in [-0.4, -0.2) is 42.8 Å². The van der Waals surface area contributed by atoms with E-state index >= 15 is 0 Å². The maximum absolute atomic E-state index is 12.4. The molecule has 0 aliphatic carbocycles. The molecule has 0 radical (unpaired) electrons. The number of aromatic nitrogens is 6. The Bertz CT molecular complexity index is 975. The normalized spacial score (nSPS) is 10.6. The number of hydrogen-bond acceptors (Lipinski definition) is 7. The summed E-state index contributed by atoms with van der Waals surface area (Å²) in [7, 11) is 3.01. The van der Waals surface area contributed by atoms with Crippen LogP contribution >= 0.6 is 0 Å². The van der Waals surface area contributed by atoms with E-state index in [9.17, 15) is 9.59 Å². The number of ether oxygens (including phenoxy) is 1. The lowest BCUT2D eigenvalue weighted by molar-refractivity contribution is 0.0591.